The van der Waals surface area contributed by atoms with Crippen LogP contribution >= 0.6 is 11.3 Å². The normalized spacial score (nSPS) is 25.1. The zero-order chi connectivity index (χ0) is 13.7. The predicted molar refractivity (Wildman–Crippen MR) is 84.7 cm³/mol. The van der Waals surface area contributed by atoms with Crippen molar-refractivity contribution in [1.29, 1.82) is 0 Å². The summed E-state index contributed by atoms with van der Waals surface area (Å²) in [6, 6.07) is 3.66. The predicted octanol–water partition coefficient (Wildman–Crippen LogP) is 3.74. The van der Waals surface area contributed by atoms with E-state index in [2.05, 4.69) is 47.8 Å². The smallest absolute Gasteiger partial charge is 0.0246 e. The molecular formula is C16H28N2S. The van der Waals surface area contributed by atoms with Crippen LogP contribution in [0.25, 0.3) is 0 Å². The third-order valence-corrected chi connectivity index (χ3v) is 4.69. The number of nitrogens with zero attached hydrogens (tertiary/aromatic N) is 1. The maximum absolute atomic E-state index is 3.76. The van der Waals surface area contributed by atoms with E-state index < -0.39 is 0 Å². The van der Waals surface area contributed by atoms with Gasteiger partial charge in [0.2, 0.25) is 0 Å². The molecule has 1 aromatic rings. The van der Waals surface area contributed by atoms with Crippen LogP contribution in [0.5, 0.6) is 0 Å². The Labute approximate surface area is 122 Å². The van der Waals surface area contributed by atoms with Gasteiger partial charge in [0.05, 0.1) is 0 Å². The molecule has 1 N–H and O–H groups in total. The molecule has 3 heteroatoms. The lowest BCUT2D eigenvalue weighted by Crippen LogP contribution is -2.56. The monoisotopic (exact) mass is 280 g/mol. The van der Waals surface area contributed by atoms with Gasteiger partial charge < -0.3 is 5.32 Å². The van der Waals surface area contributed by atoms with Gasteiger partial charge >= 0.3 is 0 Å². The molecule has 19 heavy (non-hydrogen) atoms. The quantitative estimate of drug-likeness (QED) is 0.854. The van der Waals surface area contributed by atoms with E-state index in [-0.39, 0.29) is 0 Å². The van der Waals surface area contributed by atoms with Gasteiger partial charge in [-0.1, -0.05) is 27.2 Å². The third kappa shape index (κ3) is 4.59. The minimum atomic E-state index is 0.673. The summed E-state index contributed by atoms with van der Waals surface area (Å²) in [4.78, 5) is 2.70. The van der Waals surface area contributed by atoms with Crippen molar-refractivity contribution in [2.75, 3.05) is 13.1 Å². The zero-order valence-electron chi connectivity index (χ0n) is 12.6. The van der Waals surface area contributed by atoms with Gasteiger partial charge in [-0.3, -0.25) is 4.90 Å². The highest BCUT2D eigenvalue weighted by Crippen LogP contribution is 2.20. The summed E-state index contributed by atoms with van der Waals surface area (Å²) in [7, 11) is 0. The van der Waals surface area contributed by atoms with Crippen LogP contribution < -0.4 is 5.32 Å². The average Bonchev–Trinajstić information content (AvgIpc) is 2.85. The molecule has 0 saturated carbocycles. The fourth-order valence-electron chi connectivity index (χ4n) is 3.08. The Morgan fingerprint density at radius 3 is 2.95 bits per heavy atom. The Morgan fingerprint density at radius 2 is 2.32 bits per heavy atom. The van der Waals surface area contributed by atoms with Crippen LogP contribution in [-0.4, -0.2) is 30.1 Å². The molecule has 0 aliphatic carbocycles. The van der Waals surface area contributed by atoms with E-state index >= 15 is 0 Å². The summed E-state index contributed by atoms with van der Waals surface area (Å²) in [5.74, 6) is 0.781. The van der Waals surface area contributed by atoms with Crippen LogP contribution in [0.1, 0.15) is 45.6 Å². The van der Waals surface area contributed by atoms with Crippen LogP contribution in [-0.2, 0) is 6.54 Å². The van der Waals surface area contributed by atoms with Crippen molar-refractivity contribution >= 4 is 11.3 Å². The lowest BCUT2D eigenvalue weighted by atomic mass is 9.98. The summed E-state index contributed by atoms with van der Waals surface area (Å²) in [6.45, 7) is 10.4. The summed E-state index contributed by atoms with van der Waals surface area (Å²) in [5, 5.41) is 8.24. The highest BCUT2D eigenvalue weighted by Gasteiger charge is 2.27. The molecule has 0 radical (unpaired) electrons. The highest BCUT2D eigenvalue weighted by atomic mass is 32.1. The van der Waals surface area contributed by atoms with Gasteiger partial charge in [0.1, 0.15) is 0 Å². The molecular weight excluding hydrogens is 252 g/mol. The molecule has 2 rings (SSSR count). The standard InChI is InChI=1S/C16H28N2S/c1-4-5-16-9-17-15(8-13(2)3)11-18(16)10-14-6-7-19-12-14/h6-7,12-13,15-17H,4-5,8-11H2,1-3H3. The molecule has 108 valence electrons. The van der Waals surface area contributed by atoms with Crippen molar-refractivity contribution < 1.29 is 0 Å². The van der Waals surface area contributed by atoms with Gasteiger partial charge in [-0.15, -0.1) is 0 Å². The van der Waals surface area contributed by atoms with Gasteiger partial charge in [0.25, 0.3) is 0 Å². The molecule has 1 aliphatic rings. The van der Waals surface area contributed by atoms with E-state index in [1.165, 1.54) is 31.4 Å². The van der Waals surface area contributed by atoms with E-state index in [1.807, 2.05) is 11.3 Å². The summed E-state index contributed by atoms with van der Waals surface area (Å²) < 4.78 is 0. The topological polar surface area (TPSA) is 15.3 Å². The first-order valence-electron chi connectivity index (χ1n) is 7.67. The van der Waals surface area contributed by atoms with E-state index in [1.54, 1.807) is 0 Å². The molecule has 1 aliphatic heterocycles. The Hall–Kier alpha value is -0.380. The largest absolute Gasteiger partial charge is 0.311 e. The van der Waals surface area contributed by atoms with Crippen LogP contribution in [0, 0.1) is 5.92 Å². The van der Waals surface area contributed by atoms with Gasteiger partial charge in [0.15, 0.2) is 0 Å². The molecule has 2 nitrogen and oxygen atoms in total. The van der Waals surface area contributed by atoms with E-state index in [0.29, 0.717) is 12.1 Å². The Morgan fingerprint density at radius 1 is 1.47 bits per heavy atom. The van der Waals surface area contributed by atoms with Gasteiger partial charge in [-0.25, -0.2) is 0 Å². The zero-order valence-corrected chi connectivity index (χ0v) is 13.4. The van der Waals surface area contributed by atoms with Crippen LogP contribution in [0.15, 0.2) is 16.8 Å². The van der Waals surface area contributed by atoms with E-state index in [4.69, 9.17) is 0 Å². The molecule has 0 amide bonds. The maximum Gasteiger partial charge on any atom is 0.0246 e. The minimum absolute atomic E-state index is 0.673. The average molecular weight is 280 g/mol. The first-order valence-corrected chi connectivity index (χ1v) is 8.61. The number of hydrogen-bond acceptors (Lipinski definition) is 3. The second-order valence-electron chi connectivity index (χ2n) is 6.24. The number of rotatable bonds is 6. The van der Waals surface area contributed by atoms with Gasteiger partial charge in [-0.2, -0.15) is 11.3 Å². The second kappa shape index (κ2) is 7.41. The molecule has 1 fully saturated rings. The lowest BCUT2D eigenvalue weighted by Gasteiger charge is -2.41. The SMILES string of the molecule is CCCC1CNC(CC(C)C)CN1Cc1ccsc1. The van der Waals surface area contributed by atoms with Crippen molar-refractivity contribution in [1.82, 2.24) is 10.2 Å². The first-order chi connectivity index (χ1) is 9.19. The Bertz CT molecular complexity index is 348. The van der Waals surface area contributed by atoms with Gasteiger partial charge in [-0.05, 0) is 41.1 Å². The van der Waals surface area contributed by atoms with E-state index in [9.17, 15) is 0 Å². The Balaban J connectivity index is 1.95. The minimum Gasteiger partial charge on any atom is -0.311 e. The van der Waals surface area contributed by atoms with Crippen molar-refractivity contribution in [3.63, 3.8) is 0 Å². The highest BCUT2D eigenvalue weighted by molar-refractivity contribution is 7.07. The summed E-state index contributed by atoms with van der Waals surface area (Å²) in [6.07, 6.45) is 3.88. The lowest BCUT2D eigenvalue weighted by molar-refractivity contribution is 0.108. The van der Waals surface area contributed by atoms with Gasteiger partial charge in [0, 0.05) is 31.7 Å². The summed E-state index contributed by atoms with van der Waals surface area (Å²) in [5.41, 5.74) is 1.48. The molecule has 2 heterocycles. The fraction of sp³-hybridized carbons (Fsp3) is 0.750. The number of piperazine rings is 1. The number of nitrogens with one attached hydrogen (secondary N) is 1. The third-order valence-electron chi connectivity index (χ3n) is 3.96. The number of hydrogen-bond donors (Lipinski definition) is 1. The first kappa shape index (κ1) is 15.0. The molecule has 1 saturated heterocycles. The molecule has 2 unspecified atom stereocenters. The van der Waals surface area contributed by atoms with Crippen molar-refractivity contribution in [3.8, 4) is 0 Å². The van der Waals surface area contributed by atoms with Crippen molar-refractivity contribution in [2.24, 2.45) is 5.92 Å². The van der Waals surface area contributed by atoms with Crippen LogP contribution in [0.2, 0.25) is 0 Å². The maximum atomic E-state index is 3.76. The fourth-order valence-corrected chi connectivity index (χ4v) is 3.74. The second-order valence-corrected chi connectivity index (χ2v) is 7.02. The molecule has 2 atom stereocenters. The summed E-state index contributed by atoms with van der Waals surface area (Å²) >= 11 is 1.81. The van der Waals surface area contributed by atoms with Crippen LogP contribution in [0.3, 0.4) is 0 Å². The molecule has 0 spiro atoms. The molecule has 0 aromatic carbocycles. The number of thiophene rings is 1. The van der Waals surface area contributed by atoms with E-state index in [0.717, 1.165) is 19.0 Å². The van der Waals surface area contributed by atoms with Crippen molar-refractivity contribution in [2.45, 2.75) is 58.7 Å². The van der Waals surface area contributed by atoms with Crippen LogP contribution in [0.4, 0.5) is 0 Å². The molecule has 0 bridgehead atoms. The van der Waals surface area contributed by atoms with Crippen molar-refractivity contribution in [3.05, 3.63) is 22.4 Å². The molecule has 1 aromatic heterocycles. The Kier molecular flexibility index (Phi) is 5.86.